The maximum Gasteiger partial charge on any atom is 0.0206 e. The second-order valence-electron chi connectivity index (χ2n) is 7.82. The summed E-state index contributed by atoms with van der Waals surface area (Å²) in [6, 6.07) is 30.4. The summed E-state index contributed by atoms with van der Waals surface area (Å²) in [5.74, 6) is 0. The number of hydrogen-bond donors (Lipinski definition) is 3. The van der Waals surface area contributed by atoms with Crippen molar-refractivity contribution in [1.29, 1.82) is 0 Å². The van der Waals surface area contributed by atoms with Gasteiger partial charge < -0.3 is 16.0 Å². The Bertz CT molecular complexity index is 986. The van der Waals surface area contributed by atoms with Crippen molar-refractivity contribution >= 4 is 21.5 Å². The third-order valence-electron chi connectivity index (χ3n) is 5.47. The molecule has 4 rings (SSSR count). The van der Waals surface area contributed by atoms with Crippen LogP contribution in [0, 0.1) is 0 Å². The van der Waals surface area contributed by atoms with Crippen molar-refractivity contribution in [2.45, 2.75) is 19.5 Å². The Labute approximate surface area is 179 Å². The van der Waals surface area contributed by atoms with Crippen molar-refractivity contribution in [2.24, 2.45) is 0 Å². The van der Waals surface area contributed by atoms with Gasteiger partial charge in [0, 0.05) is 26.2 Å². The summed E-state index contributed by atoms with van der Waals surface area (Å²) < 4.78 is 0. The van der Waals surface area contributed by atoms with E-state index in [9.17, 15) is 0 Å². The van der Waals surface area contributed by atoms with E-state index in [-0.39, 0.29) is 0 Å². The first-order valence-corrected chi connectivity index (χ1v) is 11.0. The fourth-order valence-corrected chi connectivity index (χ4v) is 3.80. The van der Waals surface area contributed by atoms with Gasteiger partial charge in [-0.3, -0.25) is 0 Å². The number of rotatable bonds is 11. The lowest BCUT2D eigenvalue weighted by atomic mass is 10.1. The minimum atomic E-state index is 0.916. The Hall–Kier alpha value is -2.72. The summed E-state index contributed by atoms with van der Waals surface area (Å²) >= 11 is 0. The first-order valence-electron chi connectivity index (χ1n) is 11.0. The molecule has 4 aromatic carbocycles. The minimum Gasteiger partial charge on any atom is -0.315 e. The third-order valence-corrected chi connectivity index (χ3v) is 5.47. The maximum atomic E-state index is 3.55. The third kappa shape index (κ3) is 5.90. The van der Waals surface area contributed by atoms with Gasteiger partial charge >= 0.3 is 0 Å². The Morgan fingerprint density at radius 3 is 1.50 bits per heavy atom. The van der Waals surface area contributed by atoms with E-state index in [4.69, 9.17) is 0 Å². The molecular weight excluding hydrogens is 366 g/mol. The second kappa shape index (κ2) is 10.9. The standard InChI is InChI=1S/C27H31N3/c1-3-8-26-18-22(10-12-24(26)6-1)20-29-15-5-14-28-16-17-30-21-23-11-13-25-7-2-4-9-27(25)19-23/h1-4,6-13,18-19,28-30H,5,14-17,20-21H2. The zero-order valence-corrected chi connectivity index (χ0v) is 17.5. The van der Waals surface area contributed by atoms with Crippen LogP contribution < -0.4 is 16.0 Å². The van der Waals surface area contributed by atoms with E-state index < -0.39 is 0 Å². The van der Waals surface area contributed by atoms with Gasteiger partial charge in [-0.25, -0.2) is 0 Å². The molecule has 3 nitrogen and oxygen atoms in total. The maximum absolute atomic E-state index is 3.55. The second-order valence-corrected chi connectivity index (χ2v) is 7.82. The zero-order valence-electron chi connectivity index (χ0n) is 17.5. The van der Waals surface area contributed by atoms with E-state index >= 15 is 0 Å². The van der Waals surface area contributed by atoms with Crippen LogP contribution >= 0.6 is 0 Å². The van der Waals surface area contributed by atoms with Crippen molar-refractivity contribution < 1.29 is 0 Å². The Morgan fingerprint density at radius 2 is 0.900 bits per heavy atom. The number of nitrogens with one attached hydrogen (secondary N) is 3. The van der Waals surface area contributed by atoms with Gasteiger partial charge in [-0.2, -0.15) is 0 Å². The molecule has 0 heterocycles. The quantitative estimate of drug-likeness (QED) is 0.317. The summed E-state index contributed by atoms with van der Waals surface area (Å²) in [4.78, 5) is 0. The van der Waals surface area contributed by atoms with Gasteiger partial charge in [-0.15, -0.1) is 0 Å². The predicted octanol–water partition coefficient (Wildman–Crippen LogP) is 4.85. The summed E-state index contributed by atoms with van der Waals surface area (Å²) in [6.07, 6.45) is 1.14. The van der Waals surface area contributed by atoms with Gasteiger partial charge in [-0.05, 0) is 64.3 Å². The molecule has 0 amide bonds. The van der Waals surface area contributed by atoms with Crippen molar-refractivity contribution in [1.82, 2.24) is 16.0 Å². The molecule has 0 aliphatic rings. The van der Waals surface area contributed by atoms with E-state index in [0.29, 0.717) is 0 Å². The highest BCUT2D eigenvalue weighted by Crippen LogP contribution is 2.16. The molecule has 0 aliphatic heterocycles. The van der Waals surface area contributed by atoms with Crippen molar-refractivity contribution in [3.63, 3.8) is 0 Å². The molecule has 3 heteroatoms. The van der Waals surface area contributed by atoms with Crippen LogP contribution in [0.5, 0.6) is 0 Å². The predicted molar refractivity (Wildman–Crippen MR) is 129 cm³/mol. The summed E-state index contributed by atoms with van der Waals surface area (Å²) in [7, 11) is 0. The highest BCUT2D eigenvalue weighted by atomic mass is 14.9. The van der Waals surface area contributed by atoms with Crippen molar-refractivity contribution in [3.05, 3.63) is 96.1 Å². The number of hydrogen-bond acceptors (Lipinski definition) is 3. The van der Waals surface area contributed by atoms with Crippen LogP contribution in [-0.2, 0) is 13.1 Å². The topological polar surface area (TPSA) is 36.1 Å². The van der Waals surface area contributed by atoms with Gasteiger partial charge in [0.2, 0.25) is 0 Å². The zero-order chi connectivity index (χ0) is 20.4. The van der Waals surface area contributed by atoms with E-state index in [1.807, 2.05) is 0 Å². The molecule has 0 saturated heterocycles. The van der Waals surface area contributed by atoms with Crippen LogP contribution in [-0.4, -0.2) is 26.2 Å². The Balaban J connectivity index is 1.05. The SMILES string of the molecule is c1ccc2cc(CNCCCNCCNCc3ccc4ccccc4c3)ccc2c1. The average Bonchev–Trinajstić information content (AvgIpc) is 2.80. The molecule has 0 radical (unpaired) electrons. The van der Waals surface area contributed by atoms with E-state index in [1.165, 1.54) is 32.7 Å². The van der Waals surface area contributed by atoms with Crippen LogP contribution in [0.15, 0.2) is 84.9 Å². The monoisotopic (exact) mass is 397 g/mol. The van der Waals surface area contributed by atoms with Gasteiger partial charge in [0.25, 0.3) is 0 Å². The van der Waals surface area contributed by atoms with Gasteiger partial charge in [0.15, 0.2) is 0 Å². The molecule has 0 atom stereocenters. The van der Waals surface area contributed by atoms with Crippen LogP contribution in [0.25, 0.3) is 21.5 Å². The number of fused-ring (bicyclic) bond motifs is 2. The number of benzene rings is 4. The first-order chi connectivity index (χ1) is 14.9. The first kappa shape index (κ1) is 20.5. The molecule has 0 saturated carbocycles. The fraction of sp³-hybridized carbons (Fsp3) is 0.259. The average molecular weight is 398 g/mol. The molecule has 0 aliphatic carbocycles. The molecule has 0 aromatic heterocycles. The highest BCUT2D eigenvalue weighted by molar-refractivity contribution is 5.83. The normalized spacial score (nSPS) is 11.3. The summed E-state index contributed by atoms with van der Waals surface area (Å²) in [5, 5.41) is 15.8. The lowest BCUT2D eigenvalue weighted by Gasteiger charge is -2.09. The Morgan fingerprint density at radius 1 is 0.433 bits per heavy atom. The molecular formula is C27H31N3. The van der Waals surface area contributed by atoms with E-state index in [0.717, 1.165) is 45.7 Å². The van der Waals surface area contributed by atoms with Crippen LogP contribution in [0.4, 0.5) is 0 Å². The smallest absolute Gasteiger partial charge is 0.0206 e. The van der Waals surface area contributed by atoms with Crippen molar-refractivity contribution in [2.75, 3.05) is 26.2 Å². The highest BCUT2D eigenvalue weighted by Gasteiger charge is 1.98. The van der Waals surface area contributed by atoms with Crippen LogP contribution in [0.3, 0.4) is 0 Å². The molecule has 0 fully saturated rings. The minimum absolute atomic E-state index is 0.916. The van der Waals surface area contributed by atoms with Crippen LogP contribution in [0.1, 0.15) is 17.5 Å². The summed E-state index contributed by atoms with van der Waals surface area (Å²) in [5.41, 5.74) is 2.69. The lowest BCUT2D eigenvalue weighted by Crippen LogP contribution is -2.29. The molecule has 0 unspecified atom stereocenters. The van der Waals surface area contributed by atoms with Crippen LogP contribution in [0.2, 0.25) is 0 Å². The molecule has 0 spiro atoms. The molecule has 3 N–H and O–H groups in total. The largest absolute Gasteiger partial charge is 0.315 e. The van der Waals surface area contributed by atoms with Gasteiger partial charge in [0.1, 0.15) is 0 Å². The summed E-state index contributed by atoms with van der Waals surface area (Å²) in [6.45, 7) is 5.90. The molecule has 154 valence electrons. The van der Waals surface area contributed by atoms with E-state index in [2.05, 4.69) is 101 Å². The van der Waals surface area contributed by atoms with Gasteiger partial charge in [0.05, 0.1) is 0 Å². The molecule has 4 aromatic rings. The van der Waals surface area contributed by atoms with Crippen molar-refractivity contribution in [3.8, 4) is 0 Å². The Kier molecular flexibility index (Phi) is 7.46. The molecule has 30 heavy (non-hydrogen) atoms. The lowest BCUT2D eigenvalue weighted by molar-refractivity contribution is 0.572. The molecule has 0 bridgehead atoms. The van der Waals surface area contributed by atoms with Gasteiger partial charge in [-0.1, -0.05) is 72.8 Å². The van der Waals surface area contributed by atoms with E-state index in [1.54, 1.807) is 0 Å². The fourth-order valence-electron chi connectivity index (χ4n) is 3.80.